The van der Waals surface area contributed by atoms with Crippen molar-refractivity contribution in [1.82, 2.24) is 10.2 Å². The van der Waals surface area contributed by atoms with Crippen molar-refractivity contribution < 1.29 is 4.79 Å². The third kappa shape index (κ3) is 4.19. The number of halogens is 1. The van der Waals surface area contributed by atoms with Crippen molar-refractivity contribution in [2.45, 2.75) is 20.8 Å². The standard InChI is InChI=1S/C12H13BrN4OS2/c1-12(2,3)9(18)15-11-17-16-10(20-11)14-6-7-4-5-8(13)19-7/h4-6H,1-3H3,(H,15,17,18). The van der Waals surface area contributed by atoms with E-state index >= 15 is 0 Å². The monoisotopic (exact) mass is 372 g/mol. The second kappa shape index (κ2) is 6.11. The molecular formula is C12H13BrN4OS2. The van der Waals surface area contributed by atoms with Gasteiger partial charge in [0, 0.05) is 16.5 Å². The Morgan fingerprint density at radius 1 is 1.35 bits per heavy atom. The lowest BCUT2D eigenvalue weighted by atomic mass is 9.96. The summed E-state index contributed by atoms with van der Waals surface area (Å²) < 4.78 is 1.05. The van der Waals surface area contributed by atoms with Gasteiger partial charge in [-0.2, -0.15) is 0 Å². The van der Waals surface area contributed by atoms with E-state index in [0.717, 1.165) is 8.66 Å². The first kappa shape index (κ1) is 15.3. The number of anilines is 1. The van der Waals surface area contributed by atoms with Crippen molar-refractivity contribution in [2.24, 2.45) is 10.4 Å². The van der Waals surface area contributed by atoms with Gasteiger partial charge in [0.1, 0.15) is 0 Å². The van der Waals surface area contributed by atoms with Crippen molar-refractivity contribution in [3.63, 3.8) is 0 Å². The molecule has 1 amide bonds. The van der Waals surface area contributed by atoms with E-state index in [1.54, 1.807) is 17.6 Å². The van der Waals surface area contributed by atoms with E-state index in [0.29, 0.717) is 10.3 Å². The Hall–Kier alpha value is -1.12. The molecule has 0 aliphatic rings. The lowest BCUT2D eigenvalue weighted by Gasteiger charge is -2.15. The quantitative estimate of drug-likeness (QED) is 0.824. The summed E-state index contributed by atoms with van der Waals surface area (Å²) in [6.07, 6.45) is 1.73. The van der Waals surface area contributed by atoms with Crippen LogP contribution in [0.2, 0.25) is 0 Å². The van der Waals surface area contributed by atoms with Crippen LogP contribution in [0.3, 0.4) is 0 Å². The van der Waals surface area contributed by atoms with Crippen LogP contribution in [0.25, 0.3) is 0 Å². The average molecular weight is 373 g/mol. The molecule has 5 nitrogen and oxygen atoms in total. The van der Waals surface area contributed by atoms with Gasteiger partial charge in [0.15, 0.2) is 0 Å². The van der Waals surface area contributed by atoms with E-state index in [1.165, 1.54) is 11.3 Å². The molecule has 0 aliphatic heterocycles. The average Bonchev–Trinajstić information content (AvgIpc) is 2.94. The maximum absolute atomic E-state index is 11.8. The lowest BCUT2D eigenvalue weighted by molar-refractivity contribution is -0.123. The highest BCUT2D eigenvalue weighted by molar-refractivity contribution is 9.11. The van der Waals surface area contributed by atoms with Gasteiger partial charge in [-0.1, -0.05) is 32.1 Å². The zero-order chi connectivity index (χ0) is 14.8. The summed E-state index contributed by atoms with van der Waals surface area (Å²) in [4.78, 5) is 17.1. The summed E-state index contributed by atoms with van der Waals surface area (Å²) in [5.41, 5.74) is -0.460. The number of amides is 1. The molecule has 0 radical (unpaired) electrons. The van der Waals surface area contributed by atoms with Gasteiger partial charge in [0.05, 0.1) is 3.79 Å². The Labute approximate surface area is 133 Å². The molecule has 0 spiro atoms. The molecular weight excluding hydrogens is 360 g/mol. The number of carbonyl (C=O) groups is 1. The molecule has 2 rings (SSSR count). The number of thiophene rings is 1. The molecule has 20 heavy (non-hydrogen) atoms. The lowest BCUT2D eigenvalue weighted by Crippen LogP contribution is -2.27. The molecule has 0 aromatic carbocycles. The Balaban J connectivity index is 2.02. The predicted octanol–water partition coefficient (Wildman–Crippen LogP) is 4.10. The summed E-state index contributed by atoms with van der Waals surface area (Å²) in [6, 6.07) is 3.92. The smallest absolute Gasteiger partial charge is 0.233 e. The van der Waals surface area contributed by atoms with Crippen LogP contribution in [0.5, 0.6) is 0 Å². The van der Waals surface area contributed by atoms with E-state index in [2.05, 4.69) is 36.4 Å². The van der Waals surface area contributed by atoms with Gasteiger partial charge in [0.25, 0.3) is 0 Å². The van der Waals surface area contributed by atoms with Gasteiger partial charge < -0.3 is 5.32 Å². The summed E-state index contributed by atoms with van der Waals surface area (Å²) in [5.74, 6) is -0.0913. The van der Waals surface area contributed by atoms with Crippen molar-refractivity contribution in [3.05, 3.63) is 20.8 Å². The van der Waals surface area contributed by atoms with Crippen LogP contribution in [0, 0.1) is 5.41 Å². The molecule has 2 aromatic heterocycles. The third-order valence-electron chi connectivity index (χ3n) is 2.21. The molecule has 8 heteroatoms. The zero-order valence-corrected chi connectivity index (χ0v) is 14.4. The number of rotatable bonds is 3. The molecule has 0 saturated heterocycles. The highest BCUT2D eigenvalue weighted by Crippen LogP contribution is 2.26. The highest BCUT2D eigenvalue weighted by Gasteiger charge is 2.22. The minimum atomic E-state index is -0.460. The van der Waals surface area contributed by atoms with Crippen LogP contribution in [0.15, 0.2) is 20.9 Å². The topological polar surface area (TPSA) is 67.2 Å². The Kier molecular flexibility index (Phi) is 4.66. The van der Waals surface area contributed by atoms with E-state index in [-0.39, 0.29) is 5.91 Å². The predicted molar refractivity (Wildman–Crippen MR) is 87.3 cm³/mol. The van der Waals surface area contributed by atoms with E-state index in [4.69, 9.17) is 0 Å². The third-order valence-corrected chi connectivity index (χ3v) is 4.52. The fraction of sp³-hybridized carbons (Fsp3) is 0.333. The van der Waals surface area contributed by atoms with Crippen molar-refractivity contribution in [1.29, 1.82) is 0 Å². The van der Waals surface area contributed by atoms with Crippen LogP contribution in [0.4, 0.5) is 10.3 Å². The van der Waals surface area contributed by atoms with E-state index in [9.17, 15) is 4.79 Å². The maximum Gasteiger partial charge on any atom is 0.233 e. The summed E-state index contributed by atoms with van der Waals surface area (Å²) in [7, 11) is 0. The van der Waals surface area contributed by atoms with Gasteiger partial charge in [-0.25, -0.2) is 4.99 Å². The fourth-order valence-corrected chi connectivity index (χ4v) is 3.00. The minimum Gasteiger partial charge on any atom is -0.300 e. The van der Waals surface area contributed by atoms with Crippen LogP contribution < -0.4 is 5.32 Å². The van der Waals surface area contributed by atoms with E-state index < -0.39 is 5.41 Å². The van der Waals surface area contributed by atoms with Gasteiger partial charge in [-0.05, 0) is 28.1 Å². The fourth-order valence-electron chi connectivity index (χ4n) is 1.12. The molecule has 106 valence electrons. The molecule has 1 N–H and O–H groups in total. The van der Waals surface area contributed by atoms with Crippen molar-refractivity contribution in [3.8, 4) is 0 Å². The van der Waals surface area contributed by atoms with Gasteiger partial charge in [0.2, 0.25) is 16.2 Å². The molecule has 0 fully saturated rings. The normalized spacial score (nSPS) is 12.0. The molecule has 0 saturated carbocycles. The summed E-state index contributed by atoms with van der Waals surface area (Å²) >= 11 is 6.22. The molecule has 2 heterocycles. The number of nitrogens with zero attached hydrogens (tertiary/aromatic N) is 3. The Bertz CT molecular complexity index is 642. The largest absolute Gasteiger partial charge is 0.300 e. The Morgan fingerprint density at radius 3 is 2.70 bits per heavy atom. The number of aromatic nitrogens is 2. The van der Waals surface area contributed by atoms with Crippen molar-refractivity contribution in [2.75, 3.05) is 5.32 Å². The first-order valence-electron chi connectivity index (χ1n) is 5.79. The molecule has 2 aromatic rings. The van der Waals surface area contributed by atoms with Crippen LogP contribution in [-0.2, 0) is 4.79 Å². The minimum absolute atomic E-state index is 0.0913. The summed E-state index contributed by atoms with van der Waals surface area (Å²) in [6.45, 7) is 5.53. The Morgan fingerprint density at radius 2 is 2.10 bits per heavy atom. The SMILES string of the molecule is CC(C)(C)C(=O)Nc1nnc(N=Cc2ccc(Br)s2)s1. The van der Waals surface area contributed by atoms with Crippen molar-refractivity contribution >= 4 is 61.0 Å². The molecule has 0 bridgehead atoms. The number of aliphatic imine (C=N–C) groups is 1. The molecule has 0 unspecified atom stereocenters. The number of hydrogen-bond acceptors (Lipinski definition) is 6. The number of nitrogens with one attached hydrogen (secondary N) is 1. The summed E-state index contributed by atoms with van der Waals surface area (Å²) in [5, 5.41) is 11.5. The van der Waals surface area contributed by atoms with Crippen LogP contribution in [0.1, 0.15) is 25.6 Å². The second-order valence-corrected chi connectivity index (χ2v) is 8.44. The van der Waals surface area contributed by atoms with Crippen LogP contribution in [-0.4, -0.2) is 22.3 Å². The number of carbonyl (C=O) groups excluding carboxylic acids is 1. The maximum atomic E-state index is 11.8. The molecule has 0 aliphatic carbocycles. The van der Waals surface area contributed by atoms with Gasteiger partial charge in [-0.15, -0.1) is 21.5 Å². The van der Waals surface area contributed by atoms with Crippen LogP contribution >= 0.6 is 38.6 Å². The van der Waals surface area contributed by atoms with E-state index in [1.807, 2.05) is 32.9 Å². The van der Waals surface area contributed by atoms with Gasteiger partial charge in [-0.3, -0.25) is 4.79 Å². The zero-order valence-electron chi connectivity index (χ0n) is 11.2. The second-order valence-electron chi connectivity index (χ2n) is 4.99. The highest BCUT2D eigenvalue weighted by atomic mass is 79.9. The first-order chi connectivity index (χ1) is 9.34. The number of hydrogen-bond donors (Lipinski definition) is 1. The molecule has 0 atom stereocenters. The van der Waals surface area contributed by atoms with Gasteiger partial charge >= 0.3 is 0 Å². The first-order valence-corrected chi connectivity index (χ1v) is 8.21.